The summed E-state index contributed by atoms with van der Waals surface area (Å²) in [5.41, 5.74) is 4.10. The fraction of sp³-hybridized carbons (Fsp3) is 0.130. The third-order valence-corrected chi connectivity index (χ3v) is 5.44. The molecule has 4 aromatic rings. The van der Waals surface area contributed by atoms with E-state index in [2.05, 4.69) is 19.2 Å². The molecule has 2 aromatic carbocycles. The summed E-state index contributed by atoms with van der Waals surface area (Å²) in [6, 6.07) is 23.5. The summed E-state index contributed by atoms with van der Waals surface area (Å²) in [6.45, 7) is 4.24. The molecule has 2 heterocycles. The van der Waals surface area contributed by atoms with Gasteiger partial charge in [0, 0.05) is 5.69 Å². The average Bonchev–Trinajstić information content (AvgIpc) is 3.39. The smallest absolute Gasteiger partial charge is 0.274 e. The van der Waals surface area contributed by atoms with E-state index in [1.54, 1.807) is 16.0 Å². The number of hydrogen-bond donors (Lipinski definition) is 1. The maximum absolute atomic E-state index is 13.2. The summed E-state index contributed by atoms with van der Waals surface area (Å²) in [6.07, 6.45) is 0. The van der Waals surface area contributed by atoms with Gasteiger partial charge < -0.3 is 5.32 Å². The summed E-state index contributed by atoms with van der Waals surface area (Å²) < 4.78 is 1.71. The summed E-state index contributed by atoms with van der Waals surface area (Å²) in [7, 11) is 0. The molecule has 0 radical (unpaired) electrons. The molecule has 0 atom stereocenters. The highest BCUT2D eigenvalue weighted by molar-refractivity contribution is 7.13. The average molecular weight is 388 g/mol. The summed E-state index contributed by atoms with van der Waals surface area (Å²) in [5, 5.41) is 9.80. The van der Waals surface area contributed by atoms with Gasteiger partial charge in [0.15, 0.2) is 0 Å². The maximum Gasteiger partial charge on any atom is 0.274 e. The van der Waals surface area contributed by atoms with Gasteiger partial charge in [-0.2, -0.15) is 5.10 Å². The van der Waals surface area contributed by atoms with Crippen LogP contribution in [-0.4, -0.2) is 15.7 Å². The summed E-state index contributed by atoms with van der Waals surface area (Å²) >= 11 is 1.61. The number of nitrogens with zero attached hydrogens (tertiary/aromatic N) is 2. The van der Waals surface area contributed by atoms with Crippen molar-refractivity contribution >= 4 is 22.9 Å². The molecule has 0 fully saturated rings. The Balaban J connectivity index is 1.75. The first-order valence-electron chi connectivity index (χ1n) is 9.23. The van der Waals surface area contributed by atoms with Crippen LogP contribution in [0.4, 0.5) is 5.69 Å². The second kappa shape index (κ2) is 7.82. The quantitative estimate of drug-likeness (QED) is 0.458. The van der Waals surface area contributed by atoms with E-state index in [0.717, 1.165) is 27.5 Å². The van der Waals surface area contributed by atoms with Crippen molar-refractivity contribution in [3.8, 4) is 16.3 Å². The SMILES string of the molecule is CC(C)c1ccccc1NC(=O)c1cc(-c2cccs2)nn1-c1ccccc1. The largest absolute Gasteiger partial charge is 0.320 e. The van der Waals surface area contributed by atoms with Crippen LogP contribution in [0.5, 0.6) is 0 Å². The van der Waals surface area contributed by atoms with Gasteiger partial charge in [-0.1, -0.05) is 56.3 Å². The Labute approximate surface area is 168 Å². The van der Waals surface area contributed by atoms with Crippen LogP contribution < -0.4 is 5.32 Å². The van der Waals surface area contributed by atoms with Crippen LogP contribution in [-0.2, 0) is 0 Å². The van der Waals surface area contributed by atoms with Crippen LogP contribution in [0.3, 0.4) is 0 Å². The number of carbonyl (C=O) groups is 1. The zero-order valence-corrected chi connectivity index (χ0v) is 16.6. The lowest BCUT2D eigenvalue weighted by atomic mass is 10.0. The van der Waals surface area contributed by atoms with Crippen LogP contribution in [0.2, 0.25) is 0 Å². The molecule has 0 aliphatic heterocycles. The van der Waals surface area contributed by atoms with E-state index in [4.69, 9.17) is 5.10 Å². The van der Waals surface area contributed by atoms with E-state index in [1.165, 1.54) is 0 Å². The monoisotopic (exact) mass is 387 g/mol. The number of para-hydroxylation sites is 2. The van der Waals surface area contributed by atoms with Crippen LogP contribution in [0, 0.1) is 0 Å². The van der Waals surface area contributed by atoms with Gasteiger partial charge in [0.05, 0.1) is 10.6 Å². The van der Waals surface area contributed by atoms with Gasteiger partial charge in [-0.15, -0.1) is 11.3 Å². The Bertz CT molecular complexity index is 1080. The van der Waals surface area contributed by atoms with Crippen LogP contribution >= 0.6 is 11.3 Å². The van der Waals surface area contributed by atoms with E-state index in [1.807, 2.05) is 78.2 Å². The molecule has 5 heteroatoms. The fourth-order valence-electron chi connectivity index (χ4n) is 3.15. The maximum atomic E-state index is 13.2. The van der Waals surface area contributed by atoms with Crippen molar-refractivity contribution in [2.45, 2.75) is 19.8 Å². The van der Waals surface area contributed by atoms with Gasteiger partial charge >= 0.3 is 0 Å². The normalized spacial score (nSPS) is 11.0. The molecule has 2 aromatic heterocycles. The third-order valence-electron chi connectivity index (χ3n) is 4.55. The first kappa shape index (κ1) is 18.2. The number of rotatable bonds is 5. The lowest BCUT2D eigenvalue weighted by molar-refractivity contribution is 0.101. The fourth-order valence-corrected chi connectivity index (χ4v) is 3.84. The number of anilines is 1. The first-order valence-corrected chi connectivity index (χ1v) is 10.1. The molecule has 140 valence electrons. The van der Waals surface area contributed by atoms with Gasteiger partial charge in [0.2, 0.25) is 0 Å². The number of carbonyl (C=O) groups excluding carboxylic acids is 1. The molecule has 0 aliphatic rings. The van der Waals surface area contributed by atoms with Gasteiger partial charge in [0.1, 0.15) is 11.4 Å². The predicted octanol–water partition coefficient (Wildman–Crippen LogP) is 5.98. The molecular weight excluding hydrogens is 366 g/mol. The zero-order valence-electron chi connectivity index (χ0n) is 15.8. The number of benzene rings is 2. The highest BCUT2D eigenvalue weighted by atomic mass is 32.1. The van der Waals surface area contributed by atoms with Crippen molar-refractivity contribution in [1.82, 2.24) is 9.78 Å². The number of thiophene rings is 1. The predicted molar refractivity (Wildman–Crippen MR) is 115 cm³/mol. The lowest BCUT2D eigenvalue weighted by Crippen LogP contribution is -2.18. The highest BCUT2D eigenvalue weighted by Crippen LogP contribution is 2.28. The second-order valence-corrected chi connectivity index (χ2v) is 7.78. The molecule has 0 saturated heterocycles. The Morgan fingerprint density at radius 1 is 1.00 bits per heavy atom. The molecule has 0 spiro atoms. The standard InChI is InChI=1S/C23H21N3OS/c1-16(2)18-11-6-7-12-19(18)24-23(27)21-15-20(22-13-8-14-28-22)25-26(21)17-9-4-3-5-10-17/h3-16H,1-2H3,(H,24,27). The highest BCUT2D eigenvalue weighted by Gasteiger charge is 2.19. The molecule has 0 bridgehead atoms. The van der Waals surface area contributed by atoms with Crippen molar-refractivity contribution in [3.05, 3.63) is 89.4 Å². The number of aromatic nitrogens is 2. The minimum Gasteiger partial charge on any atom is -0.320 e. The molecule has 4 rings (SSSR count). The van der Waals surface area contributed by atoms with Crippen LogP contribution in [0.15, 0.2) is 78.2 Å². The van der Waals surface area contributed by atoms with Crippen molar-refractivity contribution in [3.63, 3.8) is 0 Å². The molecule has 28 heavy (non-hydrogen) atoms. The summed E-state index contributed by atoms with van der Waals surface area (Å²) in [4.78, 5) is 14.2. The summed E-state index contributed by atoms with van der Waals surface area (Å²) in [5.74, 6) is 0.143. The Morgan fingerprint density at radius 3 is 2.46 bits per heavy atom. The van der Waals surface area contributed by atoms with Crippen LogP contribution in [0.1, 0.15) is 35.8 Å². The van der Waals surface area contributed by atoms with E-state index in [9.17, 15) is 4.79 Å². The molecule has 1 amide bonds. The number of amides is 1. The second-order valence-electron chi connectivity index (χ2n) is 6.84. The first-order chi connectivity index (χ1) is 13.6. The van der Waals surface area contributed by atoms with E-state index in [-0.39, 0.29) is 5.91 Å². The Morgan fingerprint density at radius 2 is 1.75 bits per heavy atom. The molecular formula is C23H21N3OS. The van der Waals surface area contributed by atoms with Crippen molar-refractivity contribution in [2.24, 2.45) is 0 Å². The van der Waals surface area contributed by atoms with Crippen LogP contribution in [0.25, 0.3) is 16.3 Å². The molecule has 0 unspecified atom stereocenters. The minimum absolute atomic E-state index is 0.174. The molecule has 1 N–H and O–H groups in total. The van der Waals surface area contributed by atoms with Crippen molar-refractivity contribution < 1.29 is 4.79 Å². The van der Waals surface area contributed by atoms with Crippen molar-refractivity contribution in [2.75, 3.05) is 5.32 Å². The zero-order chi connectivity index (χ0) is 19.5. The Hall–Kier alpha value is -3.18. The van der Waals surface area contributed by atoms with Gasteiger partial charge in [-0.3, -0.25) is 4.79 Å². The molecule has 0 aliphatic carbocycles. The van der Waals surface area contributed by atoms with E-state index < -0.39 is 0 Å². The van der Waals surface area contributed by atoms with Gasteiger partial charge in [-0.25, -0.2) is 4.68 Å². The van der Waals surface area contributed by atoms with Gasteiger partial charge in [0.25, 0.3) is 5.91 Å². The molecule has 0 saturated carbocycles. The number of hydrogen-bond acceptors (Lipinski definition) is 3. The lowest BCUT2D eigenvalue weighted by Gasteiger charge is -2.14. The van der Waals surface area contributed by atoms with E-state index in [0.29, 0.717) is 11.6 Å². The molecule has 4 nitrogen and oxygen atoms in total. The third kappa shape index (κ3) is 3.62. The van der Waals surface area contributed by atoms with Crippen molar-refractivity contribution in [1.29, 1.82) is 0 Å². The van der Waals surface area contributed by atoms with E-state index >= 15 is 0 Å². The minimum atomic E-state index is -0.174. The Kier molecular flexibility index (Phi) is 5.08. The van der Waals surface area contributed by atoms with Gasteiger partial charge in [-0.05, 0) is 47.2 Å². The number of nitrogens with one attached hydrogen (secondary N) is 1. The topological polar surface area (TPSA) is 46.9 Å².